The number of amidine groups is 1. The van der Waals surface area contributed by atoms with E-state index in [2.05, 4.69) is 4.99 Å². The largest absolute Gasteiger partial charge is 0.504 e. The third-order valence-corrected chi connectivity index (χ3v) is 5.59. The number of hydrogen-bond donors (Lipinski definition) is 3. The molecule has 3 rings (SSSR count). The molecule has 0 aliphatic carbocycles. The Balaban J connectivity index is 1.68. The molecule has 0 saturated heterocycles. The molecule has 1 unspecified atom stereocenters. The SMILES string of the molecule is COc1cc(/C=C/C(=O)CC2=NC(=N)SC(c3ccc(O)c(OC)c3)C2)ccc1O. The second-order valence-corrected chi connectivity index (χ2v) is 7.82. The van der Waals surface area contributed by atoms with E-state index in [9.17, 15) is 15.0 Å². The molecule has 1 atom stereocenters. The number of thioether (sulfide) groups is 1. The van der Waals surface area contributed by atoms with Crippen molar-refractivity contribution in [3.63, 3.8) is 0 Å². The molecule has 1 heterocycles. The normalized spacial score (nSPS) is 16.4. The molecule has 2 aromatic rings. The third kappa shape index (κ3) is 5.21. The number of nitrogens with one attached hydrogen (secondary N) is 1. The average molecular weight is 426 g/mol. The van der Waals surface area contributed by atoms with Crippen LogP contribution in [0.1, 0.15) is 29.2 Å². The molecule has 0 amide bonds. The Morgan fingerprint density at radius 1 is 1.17 bits per heavy atom. The van der Waals surface area contributed by atoms with E-state index in [0.717, 1.165) is 11.1 Å². The fourth-order valence-corrected chi connectivity index (χ4v) is 4.05. The number of ether oxygens (including phenoxy) is 2. The zero-order chi connectivity index (χ0) is 21.7. The van der Waals surface area contributed by atoms with Gasteiger partial charge in [0, 0.05) is 23.8 Å². The monoisotopic (exact) mass is 426 g/mol. The van der Waals surface area contributed by atoms with Gasteiger partial charge in [-0.3, -0.25) is 10.2 Å². The number of carbonyl (C=O) groups excluding carboxylic acids is 1. The Kier molecular flexibility index (Phi) is 6.79. The first-order valence-electron chi connectivity index (χ1n) is 9.16. The fraction of sp³-hybridized carbons (Fsp3) is 0.227. The number of methoxy groups -OCH3 is 2. The summed E-state index contributed by atoms with van der Waals surface area (Å²) in [6.07, 6.45) is 3.74. The number of nitrogens with zero attached hydrogens (tertiary/aromatic N) is 1. The van der Waals surface area contributed by atoms with E-state index < -0.39 is 0 Å². The van der Waals surface area contributed by atoms with Crippen LogP contribution in [0.2, 0.25) is 0 Å². The Hall–Kier alpha value is -3.26. The van der Waals surface area contributed by atoms with Gasteiger partial charge in [-0.1, -0.05) is 30.0 Å². The first-order valence-corrected chi connectivity index (χ1v) is 10.0. The number of ketones is 1. The zero-order valence-electron chi connectivity index (χ0n) is 16.6. The number of aliphatic imine (C=N–C) groups is 1. The van der Waals surface area contributed by atoms with Gasteiger partial charge < -0.3 is 19.7 Å². The molecule has 1 aliphatic rings. The molecular formula is C22H22N2O5S. The zero-order valence-corrected chi connectivity index (χ0v) is 17.4. The topological polar surface area (TPSA) is 112 Å². The summed E-state index contributed by atoms with van der Waals surface area (Å²) in [4.78, 5) is 16.6. The van der Waals surface area contributed by atoms with E-state index in [0.29, 0.717) is 23.6 Å². The van der Waals surface area contributed by atoms with Gasteiger partial charge in [-0.15, -0.1) is 0 Å². The summed E-state index contributed by atoms with van der Waals surface area (Å²) < 4.78 is 10.2. The molecular weight excluding hydrogens is 404 g/mol. The summed E-state index contributed by atoms with van der Waals surface area (Å²) in [5, 5.41) is 27.5. The van der Waals surface area contributed by atoms with E-state index in [1.807, 2.05) is 0 Å². The Labute approximate surface area is 178 Å². The summed E-state index contributed by atoms with van der Waals surface area (Å²) in [5.41, 5.74) is 2.25. The third-order valence-electron chi connectivity index (χ3n) is 4.55. The van der Waals surface area contributed by atoms with Gasteiger partial charge in [-0.05, 0) is 41.5 Å². The van der Waals surface area contributed by atoms with Gasteiger partial charge in [0.2, 0.25) is 0 Å². The Morgan fingerprint density at radius 2 is 1.83 bits per heavy atom. The number of hydrogen-bond acceptors (Lipinski definition) is 7. The number of phenolic OH excluding ortho intramolecular Hbond substituents is 2. The molecule has 30 heavy (non-hydrogen) atoms. The minimum atomic E-state index is -0.137. The van der Waals surface area contributed by atoms with Gasteiger partial charge in [0.15, 0.2) is 33.9 Å². The lowest BCUT2D eigenvalue weighted by Gasteiger charge is -2.22. The van der Waals surface area contributed by atoms with E-state index in [1.54, 1.807) is 36.4 Å². The number of carbonyl (C=O) groups is 1. The van der Waals surface area contributed by atoms with E-state index in [-0.39, 0.29) is 34.1 Å². The summed E-state index contributed by atoms with van der Waals surface area (Å²) in [7, 11) is 2.94. The summed E-state index contributed by atoms with van der Waals surface area (Å²) in [6.45, 7) is 0. The predicted molar refractivity (Wildman–Crippen MR) is 118 cm³/mol. The summed E-state index contributed by atoms with van der Waals surface area (Å²) in [5.74, 6) is 0.649. The fourth-order valence-electron chi connectivity index (χ4n) is 3.05. The second-order valence-electron chi connectivity index (χ2n) is 6.63. The molecule has 8 heteroatoms. The first kappa shape index (κ1) is 21.4. The van der Waals surface area contributed by atoms with Crippen LogP contribution in [0, 0.1) is 5.41 Å². The quantitative estimate of drug-likeness (QED) is 0.568. The number of phenols is 2. The lowest BCUT2D eigenvalue weighted by Crippen LogP contribution is -2.16. The van der Waals surface area contributed by atoms with Crippen LogP contribution in [0.15, 0.2) is 47.5 Å². The lowest BCUT2D eigenvalue weighted by atomic mass is 10.0. The van der Waals surface area contributed by atoms with Gasteiger partial charge in [-0.2, -0.15) is 0 Å². The van der Waals surface area contributed by atoms with Crippen LogP contribution in [0.5, 0.6) is 23.0 Å². The maximum atomic E-state index is 12.4. The van der Waals surface area contributed by atoms with Gasteiger partial charge in [-0.25, -0.2) is 4.99 Å². The van der Waals surface area contributed by atoms with Gasteiger partial charge in [0.1, 0.15) is 0 Å². The van der Waals surface area contributed by atoms with Crippen molar-refractivity contribution in [3.8, 4) is 23.0 Å². The average Bonchev–Trinajstić information content (AvgIpc) is 2.73. The predicted octanol–water partition coefficient (Wildman–Crippen LogP) is 4.34. The maximum Gasteiger partial charge on any atom is 0.180 e. The minimum Gasteiger partial charge on any atom is -0.504 e. The second kappa shape index (κ2) is 9.49. The number of benzene rings is 2. The van der Waals surface area contributed by atoms with Crippen LogP contribution in [0.25, 0.3) is 6.08 Å². The molecule has 0 fully saturated rings. The van der Waals surface area contributed by atoms with E-state index in [4.69, 9.17) is 14.9 Å². The molecule has 0 radical (unpaired) electrons. The van der Waals surface area contributed by atoms with Crippen LogP contribution < -0.4 is 9.47 Å². The van der Waals surface area contributed by atoms with Crippen LogP contribution in [-0.4, -0.2) is 41.1 Å². The van der Waals surface area contributed by atoms with Gasteiger partial charge in [0.25, 0.3) is 0 Å². The highest BCUT2D eigenvalue weighted by Crippen LogP contribution is 2.40. The van der Waals surface area contributed by atoms with Crippen molar-refractivity contribution in [1.29, 1.82) is 5.41 Å². The lowest BCUT2D eigenvalue weighted by molar-refractivity contribution is -0.113. The van der Waals surface area contributed by atoms with Crippen molar-refractivity contribution in [2.45, 2.75) is 18.1 Å². The van der Waals surface area contributed by atoms with Crippen molar-refractivity contribution in [3.05, 3.63) is 53.6 Å². The Morgan fingerprint density at radius 3 is 2.53 bits per heavy atom. The van der Waals surface area contributed by atoms with Crippen molar-refractivity contribution in [2.75, 3.05) is 14.2 Å². The van der Waals surface area contributed by atoms with Crippen LogP contribution >= 0.6 is 11.8 Å². The number of aromatic hydroxyl groups is 2. The van der Waals surface area contributed by atoms with Crippen molar-refractivity contribution >= 4 is 34.5 Å². The molecule has 0 bridgehead atoms. The van der Waals surface area contributed by atoms with Crippen LogP contribution in [0.4, 0.5) is 0 Å². The smallest absolute Gasteiger partial charge is 0.180 e. The molecule has 0 aromatic heterocycles. The molecule has 0 spiro atoms. The molecule has 0 saturated carbocycles. The Bertz CT molecular complexity index is 1030. The van der Waals surface area contributed by atoms with Gasteiger partial charge >= 0.3 is 0 Å². The van der Waals surface area contributed by atoms with Crippen molar-refractivity contribution in [1.82, 2.24) is 0 Å². The summed E-state index contributed by atoms with van der Waals surface area (Å²) >= 11 is 1.30. The molecule has 156 valence electrons. The minimum absolute atomic E-state index is 0.0328. The van der Waals surface area contributed by atoms with Crippen molar-refractivity contribution in [2.24, 2.45) is 4.99 Å². The highest BCUT2D eigenvalue weighted by molar-refractivity contribution is 8.14. The molecule has 1 aliphatic heterocycles. The highest BCUT2D eigenvalue weighted by atomic mass is 32.2. The number of allylic oxidation sites excluding steroid dienone is 1. The van der Waals surface area contributed by atoms with Crippen LogP contribution in [0.3, 0.4) is 0 Å². The standard InChI is InChI=1S/C22H22N2O5S/c1-28-19-9-13(4-7-17(19)26)3-6-16(25)11-15-12-21(30-22(23)24-15)14-5-8-18(27)20(10-14)29-2/h3-10,21,23,26-27H,11-12H2,1-2H3/b6-3+,23-22?. The molecule has 2 aromatic carbocycles. The number of rotatable bonds is 7. The van der Waals surface area contributed by atoms with E-state index in [1.165, 1.54) is 38.1 Å². The highest BCUT2D eigenvalue weighted by Gasteiger charge is 2.24. The molecule has 7 nitrogen and oxygen atoms in total. The van der Waals surface area contributed by atoms with Crippen LogP contribution in [-0.2, 0) is 4.79 Å². The summed E-state index contributed by atoms with van der Waals surface area (Å²) in [6, 6.07) is 9.90. The maximum absolute atomic E-state index is 12.4. The molecule has 3 N–H and O–H groups in total. The van der Waals surface area contributed by atoms with Crippen molar-refractivity contribution < 1.29 is 24.5 Å². The van der Waals surface area contributed by atoms with Gasteiger partial charge in [0.05, 0.1) is 14.2 Å². The first-order chi connectivity index (χ1) is 14.4. The van der Waals surface area contributed by atoms with E-state index >= 15 is 0 Å².